The van der Waals surface area contributed by atoms with Gasteiger partial charge in [-0.3, -0.25) is 0 Å². The molecule has 2 heterocycles. The Morgan fingerprint density at radius 2 is 2.40 bits per heavy atom. The van der Waals surface area contributed by atoms with E-state index in [1.54, 1.807) is 12.5 Å². The van der Waals surface area contributed by atoms with Gasteiger partial charge in [0.25, 0.3) is 0 Å². The average molecular weight is 223 g/mol. The fourth-order valence-corrected chi connectivity index (χ4v) is 1.80. The molecule has 15 heavy (non-hydrogen) atoms. The van der Waals surface area contributed by atoms with E-state index in [4.69, 9.17) is 0 Å². The Hall–Kier alpha value is -1.43. The molecular weight excluding hydrogens is 210 g/mol. The molecule has 2 aromatic heterocycles. The van der Waals surface area contributed by atoms with Crippen LogP contribution in [0.15, 0.2) is 12.5 Å². The van der Waals surface area contributed by atoms with Crippen LogP contribution in [-0.2, 0) is 6.54 Å². The third kappa shape index (κ3) is 2.53. The number of nitrogens with zero attached hydrogens (tertiary/aromatic N) is 3. The zero-order chi connectivity index (χ0) is 10.7. The van der Waals surface area contributed by atoms with E-state index in [2.05, 4.69) is 38.5 Å². The Kier molecular flexibility index (Phi) is 2.96. The van der Waals surface area contributed by atoms with Crippen LogP contribution in [0, 0.1) is 0 Å². The van der Waals surface area contributed by atoms with E-state index in [0.29, 0.717) is 12.5 Å². The molecule has 2 rings (SSSR count). The third-order valence-corrected chi connectivity index (χ3v) is 2.63. The second-order valence-electron chi connectivity index (χ2n) is 3.54. The Labute approximate surface area is 92.1 Å². The summed E-state index contributed by atoms with van der Waals surface area (Å²) < 4.78 is 4.26. The summed E-state index contributed by atoms with van der Waals surface area (Å²) in [7, 11) is 0. The Morgan fingerprint density at radius 3 is 3.00 bits per heavy atom. The van der Waals surface area contributed by atoms with Crippen molar-refractivity contribution in [2.24, 2.45) is 0 Å². The highest BCUT2D eigenvalue weighted by Crippen LogP contribution is 2.17. The second kappa shape index (κ2) is 4.39. The lowest BCUT2D eigenvalue weighted by atomic mass is 10.2. The smallest absolute Gasteiger partial charge is 0.202 e. The molecule has 6 heteroatoms. The van der Waals surface area contributed by atoms with E-state index in [1.165, 1.54) is 11.5 Å². The maximum absolute atomic E-state index is 4.37. The number of imidazole rings is 1. The van der Waals surface area contributed by atoms with Gasteiger partial charge in [0.1, 0.15) is 5.82 Å². The molecule has 0 amide bonds. The van der Waals surface area contributed by atoms with E-state index in [-0.39, 0.29) is 0 Å². The number of aromatic nitrogens is 4. The molecule has 80 valence electrons. The molecule has 0 saturated heterocycles. The highest BCUT2D eigenvalue weighted by molar-refractivity contribution is 7.09. The molecule has 0 bridgehead atoms. The van der Waals surface area contributed by atoms with Crippen LogP contribution in [-0.4, -0.2) is 19.3 Å². The van der Waals surface area contributed by atoms with Gasteiger partial charge in [-0.2, -0.15) is 4.37 Å². The highest BCUT2D eigenvalue weighted by Gasteiger charge is 2.06. The van der Waals surface area contributed by atoms with Gasteiger partial charge in [0.2, 0.25) is 5.13 Å². The summed E-state index contributed by atoms with van der Waals surface area (Å²) >= 11 is 1.39. The first-order valence-corrected chi connectivity index (χ1v) is 5.58. The number of nitrogens with one attached hydrogen (secondary N) is 2. The number of H-pyrrole nitrogens is 1. The fourth-order valence-electron chi connectivity index (χ4n) is 1.09. The first-order valence-electron chi connectivity index (χ1n) is 4.80. The second-order valence-corrected chi connectivity index (χ2v) is 4.29. The van der Waals surface area contributed by atoms with Crippen molar-refractivity contribution < 1.29 is 0 Å². The van der Waals surface area contributed by atoms with E-state index < -0.39 is 0 Å². The Balaban J connectivity index is 1.94. The summed E-state index contributed by atoms with van der Waals surface area (Å²) in [6.07, 6.45) is 3.45. The van der Waals surface area contributed by atoms with Crippen molar-refractivity contribution in [3.63, 3.8) is 0 Å². The van der Waals surface area contributed by atoms with Crippen LogP contribution >= 0.6 is 11.5 Å². The average Bonchev–Trinajstić information content (AvgIpc) is 2.86. The van der Waals surface area contributed by atoms with Crippen molar-refractivity contribution in [3.05, 3.63) is 24.0 Å². The number of aromatic amines is 1. The zero-order valence-corrected chi connectivity index (χ0v) is 9.51. The van der Waals surface area contributed by atoms with Gasteiger partial charge in [-0.05, 0) is 0 Å². The Morgan fingerprint density at radius 1 is 1.53 bits per heavy atom. The van der Waals surface area contributed by atoms with Crippen LogP contribution in [0.25, 0.3) is 0 Å². The monoisotopic (exact) mass is 223 g/mol. The molecule has 0 spiro atoms. The summed E-state index contributed by atoms with van der Waals surface area (Å²) in [5.41, 5.74) is 1.04. The molecular formula is C9H13N5S. The molecule has 0 radical (unpaired) electrons. The molecule has 0 fully saturated rings. The largest absolute Gasteiger partial charge is 0.355 e. The molecule has 0 aliphatic heterocycles. The summed E-state index contributed by atoms with van der Waals surface area (Å²) in [6, 6.07) is 0. The SMILES string of the molecule is CC(C)c1nsc(NCc2cnc[nH]2)n1. The van der Waals surface area contributed by atoms with Gasteiger partial charge in [-0.1, -0.05) is 13.8 Å². The zero-order valence-electron chi connectivity index (χ0n) is 8.69. The maximum atomic E-state index is 4.37. The number of hydrogen-bond donors (Lipinski definition) is 2. The van der Waals surface area contributed by atoms with Gasteiger partial charge in [-0.25, -0.2) is 9.97 Å². The van der Waals surface area contributed by atoms with E-state index in [0.717, 1.165) is 16.6 Å². The van der Waals surface area contributed by atoms with Crippen LogP contribution in [0.4, 0.5) is 5.13 Å². The van der Waals surface area contributed by atoms with Crippen molar-refractivity contribution in [2.45, 2.75) is 26.3 Å². The van der Waals surface area contributed by atoms with E-state index in [9.17, 15) is 0 Å². The van der Waals surface area contributed by atoms with Gasteiger partial charge >= 0.3 is 0 Å². The number of hydrogen-bond acceptors (Lipinski definition) is 5. The lowest BCUT2D eigenvalue weighted by molar-refractivity contribution is 0.799. The minimum absolute atomic E-state index is 0.379. The molecule has 0 aromatic carbocycles. The topological polar surface area (TPSA) is 66.5 Å². The first kappa shape index (κ1) is 10.1. The van der Waals surface area contributed by atoms with Gasteiger partial charge in [-0.15, -0.1) is 0 Å². The lowest BCUT2D eigenvalue weighted by Crippen LogP contribution is -1.99. The molecule has 2 N–H and O–H groups in total. The standard InChI is InChI=1S/C9H13N5S/c1-6(2)8-13-9(15-14-8)11-4-7-3-10-5-12-7/h3,5-6H,4H2,1-2H3,(H,10,12)(H,11,13,14). The van der Waals surface area contributed by atoms with E-state index >= 15 is 0 Å². The highest BCUT2D eigenvalue weighted by atomic mass is 32.1. The predicted molar refractivity (Wildman–Crippen MR) is 59.9 cm³/mol. The minimum Gasteiger partial charge on any atom is -0.355 e. The van der Waals surface area contributed by atoms with Crippen LogP contribution in [0.2, 0.25) is 0 Å². The molecule has 0 aliphatic rings. The van der Waals surface area contributed by atoms with Crippen molar-refractivity contribution in [1.82, 2.24) is 19.3 Å². The molecule has 0 atom stereocenters. The van der Waals surface area contributed by atoms with Crippen molar-refractivity contribution in [3.8, 4) is 0 Å². The van der Waals surface area contributed by atoms with Gasteiger partial charge < -0.3 is 10.3 Å². The molecule has 2 aromatic rings. The molecule has 0 unspecified atom stereocenters. The summed E-state index contributed by atoms with van der Waals surface area (Å²) in [5, 5.41) is 4.05. The van der Waals surface area contributed by atoms with Crippen LogP contribution in [0.1, 0.15) is 31.3 Å². The van der Waals surface area contributed by atoms with Crippen molar-refractivity contribution in [1.29, 1.82) is 0 Å². The number of anilines is 1. The Bertz CT molecular complexity index is 406. The van der Waals surface area contributed by atoms with Gasteiger partial charge in [0, 0.05) is 23.6 Å². The first-order chi connectivity index (χ1) is 7.25. The molecule has 0 saturated carbocycles. The van der Waals surface area contributed by atoms with Crippen LogP contribution < -0.4 is 5.32 Å². The quantitative estimate of drug-likeness (QED) is 0.832. The van der Waals surface area contributed by atoms with Crippen molar-refractivity contribution >= 4 is 16.7 Å². The van der Waals surface area contributed by atoms with Gasteiger partial charge in [0.15, 0.2) is 0 Å². The molecule has 5 nitrogen and oxygen atoms in total. The summed E-state index contributed by atoms with van der Waals surface area (Å²) in [5.74, 6) is 1.27. The van der Waals surface area contributed by atoms with Crippen molar-refractivity contribution in [2.75, 3.05) is 5.32 Å². The maximum Gasteiger partial charge on any atom is 0.202 e. The number of rotatable bonds is 4. The van der Waals surface area contributed by atoms with E-state index in [1.807, 2.05) is 0 Å². The normalized spacial score (nSPS) is 10.9. The molecule has 0 aliphatic carbocycles. The summed E-state index contributed by atoms with van der Waals surface area (Å²) in [6.45, 7) is 4.87. The van der Waals surface area contributed by atoms with Gasteiger partial charge in [0.05, 0.1) is 18.6 Å². The third-order valence-electron chi connectivity index (χ3n) is 1.94. The predicted octanol–water partition coefficient (Wildman–Crippen LogP) is 2.00. The van der Waals surface area contributed by atoms with Crippen LogP contribution in [0.5, 0.6) is 0 Å². The minimum atomic E-state index is 0.379. The summed E-state index contributed by atoms with van der Waals surface area (Å²) in [4.78, 5) is 11.3. The van der Waals surface area contributed by atoms with Crippen LogP contribution in [0.3, 0.4) is 0 Å². The lowest BCUT2D eigenvalue weighted by Gasteiger charge is -1.98. The fraction of sp³-hybridized carbons (Fsp3) is 0.444.